The van der Waals surface area contributed by atoms with Gasteiger partial charge in [0.25, 0.3) is 11.8 Å². The molecule has 4 nitrogen and oxygen atoms in total. The summed E-state index contributed by atoms with van der Waals surface area (Å²) in [6, 6.07) is 22.7. The largest absolute Gasteiger partial charge is 0.365 e. The second-order valence-corrected chi connectivity index (χ2v) is 8.24. The number of benzene rings is 3. The first-order valence-corrected chi connectivity index (χ1v) is 10.5. The van der Waals surface area contributed by atoms with E-state index in [-0.39, 0.29) is 11.8 Å². The van der Waals surface area contributed by atoms with Gasteiger partial charge in [-0.05, 0) is 54.3 Å². The molecule has 0 saturated carbocycles. The van der Waals surface area contributed by atoms with Gasteiger partial charge < -0.3 is 4.90 Å². The number of nitrogens with zero attached hydrogens (tertiary/aromatic N) is 2. The van der Waals surface area contributed by atoms with Crippen LogP contribution in [0.1, 0.15) is 22.3 Å². The monoisotopic (exact) mass is 430 g/mol. The quantitative estimate of drug-likeness (QED) is 0.511. The fourth-order valence-electron chi connectivity index (χ4n) is 3.86. The van der Waals surface area contributed by atoms with Crippen LogP contribution in [0.3, 0.4) is 0 Å². The van der Waals surface area contributed by atoms with Crippen molar-refractivity contribution in [2.24, 2.45) is 0 Å². The normalized spacial score (nSPS) is 13.9. The Bertz CT molecular complexity index is 1180. The molecule has 4 rings (SSSR count). The van der Waals surface area contributed by atoms with Crippen molar-refractivity contribution in [2.75, 3.05) is 11.9 Å². The van der Waals surface area contributed by atoms with Gasteiger partial charge in [-0.1, -0.05) is 66.2 Å². The highest BCUT2D eigenvalue weighted by atomic mass is 35.5. The minimum absolute atomic E-state index is 0.318. The standard InChI is InChI=1S/C26H23ClN2O2/c1-17-9-10-18(2)22(15-17)29-25(30)23(20-11-13-21(27)14-12-20)24(26(29)31)28(3)16-19-7-5-4-6-8-19/h4-15H,16H2,1-3H3. The lowest BCUT2D eigenvalue weighted by atomic mass is 10.0. The Morgan fingerprint density at radius 3 is 2.23 bits per heavy atom. The van der Waals surface area contributed by atoms with Gasteiger partial charge >= 0.3 is 0 Å². The van der Waals surface area contributed by atoms with Crippen LogP contribution >= 0.6 is 11.6 Å². The number of carbonyl (C=O) groups is 2. The average Bonchev–Trinajstić information content (AvgIpc) is 3.01. The Labute approximate surface area is 187 Å². The Hall–Kier alpha value is -3.37. The lowest BCUT2D eigenvalue weighted by Crippen LogP contribution is -2.34. The SMILES string of the molecule is Cc1ccc(C)c(N2C(=O)C(c3ccc(Cl)cc3)=C(N(C)Cc3ccccc3)C2=O)c1. The highest BCUT2D eigenvalue weighted by Crippen LogP contribution is 2.36. The summed E-state index contributed by atoms with van der Waals surface area (Å²) >= 11 is 6.06. The van der Waals surface area contributed by atoms with Gasteiger partial charge in [0.1, 0.15) is 5.70 Å². The van der Waals surface area contributed by atoms with E-state index >= 15 is 0 Å². The molecular weight excluding hydrogens is 408 g/mol. The number of likely N-dealkylation sites (N-methyl/N-ethyl adjacent to an activating group) is 1. The third-order valence-electron chi connectivity index (χ3n) is 5.44. The smallest absolute Gasteiger partial charge is 0.282 e. The highest BCUT2D eigenvalue weighted by Gasteiger charge is 2.42. The maximum absolute atomic E-state index is 13.6. The van der Waals surface area contributed by atoms with Gasteiger partial charge in [-0.2, -0.15) is 0 Å². The fraction of sp³-hybridized carbons (Fsp3) is 0.154. The number of halogens is 1. The summed E-state index contributed by atoms with van der Waals surface area (Å²) in [6.45, 7) is 4.36. The zero-order valence-electron chi connectivity index (χ0n) is 17.7. The molecule has 5 heteroatoms. The molecule has 2 amide bonds. The van der Waals surface area contributed by atoms with Crippen molar-refractivity contribution in [3.63, 3.8) is 0 Å². The minimum atomic E-state index is -0.323. The molecule has 0 aliphatic carbocycles. The average molecular weight is 431 g/mol. The van der Waals surface area contributed by atoms with E-state index < -0.39 is 0 Å². The molecule has 0 radical (unpaired) electrons. The first-order valence-electron chi connectivity index (χ1n) is 10.1. The summed E-state index contributed by atoms with van der Waals surface area (Å²) in [5, 5.41) is 0.576. The molecule has 0 bridgehead atoms. The molecule has 3 aromatic carbocycles. The van der Waals surface area contributed by atoms with Gasteiger partial charge in [0.05, 0.1) is 11.3 Å². The Balaban J connectivity index is 1.83. The van der Waals surface area contributed by atoms with Gasteiger partial charge in [0.2, 0.25) is 0 Å². The van der Waals surface area contributed by atoms with Crippen LogP contribution in [0.5, 0.6) is 0 Å². The van der Waals surface area contributed by atoms with Crippen molar-refractivity contribution in [1.29, 1.82) is 0 Å². The summed E-state index contributed by atoms with van der Waals surface area (Å²) < 4.78 is 0. The predicted octanol–water partition coefficient (Wildman–Crippen LogP) is 5.37. The molecule has 1 aliphatic rings. The van der Waals surface area contributed by atoms with Gasteiger partial charge in [-0.25, -0.2) is 4.90 Å². The molecule has 0 saturated heterocycles. The van der Waals surface area contributed by atoms with Crippen molar-refractivity contribution in [3.8, 4) is 0 Å². The van der Waals surface area contributed by atoms with Crippen LogP contribution in [-0.4, -0.2) is 23.8 Å². The first-order chi connectivity index (χ1) is 14.9. The first kappa shape index (κ1) is 20.9. The number of imide groups is 1. The Morgan fingerprint density at radius 2 is 1.55 bits per heavy atom. The lowest BCUT2D eigenvalue weighted by molar-refractivity contribution is -0.120. The van der Waals surface area contributed by atoms with Crippen LogP contribution < -0.4 is 4.90 Å². The Morgan fingerprint density at radius 1 is 0.871 bits per heavy atom. The maximum Gasteiger partial charge on any atom is 0.282 e. The summed E-state index contributed by atoms with van der Waals surface area (Å²) in [6.07, 6.45) is 0. The lowest BCUT2D eigenvalue weighted by Gasteiger charge is -2.22. The second kappa shape index (κ2) is 8.40. The number of hydrogen-bond donors (Lipinski definition) is 0. The molecule has 0 atom stereocenters. The van der Waals surface area contributed by atoms with Crippen molar-refractivity contribution >= 4 is 34.7 Å². The molecule has 0 fully saturated rings. The zero-order valence-corrected chi connectivity index (χ0v) is 18.5. The maximum atomic E-state index is 13.6. The molecule has 0 aromatic heterocycles. The molecule has 0 spiro atoms. The number of anilines is 1. The third-order valence-corrected chi connectivity index (χ3v) is 5.69. The number of amides is 2. The molecule has 1 heterocycles. The van der Waals surface area contributed by atoms with Crippen molar-refractivity contribution in [3.05, 3.63) is 106 Å². The van der Waals surface area contributed by atoms with Crippen LogP contribution in [0, 0.1) is 13.8 Å². The molecule has 31 heavy (non-hydrogen) atoms. The third kappa shape index (κ3) is 3.99. The van der Waals surface area contributed by atoms with Crippen molar-refractivity contribution in [1.82, 2.24) is 4.90 Å². The molecule has 3 aromatic rings. The van der Waals surface area contributed by atoms with E-state index in [1.165, 1.54) is 4.90 Å². The molecule has 0 N–H and O–H groups in total. The van der Waals surface area contributed by atoms with E-state index in [2.05, 4.69) is 0 Å². The summed E-state index contributed by atoms with van der Waals surface area (Å²) in [5.74, 6) is -0.641. The van der Waals surface area contributed by atoms with E-state index in [9.17, 15) is 9.59 Å². The summed E-state index contributed by atoms with van der Waals surface area (Å²) in [5.41, 5.74) is 4.97. The topological polar surface area (TPSA) is 40.6 Å². The minimum Gasteiger partial charge on any atom is -0.365 e. The molecule has 0 unspecified atom stereocenters. The molecular formula is C26H23ClN2O2. The number of aryl methyl sites for hydroxylation is 2. The van der Waals surface area contributed by atoms with Crippen LogP contribution in [0.2, 0.25) is 5.02 Å². The van der Waals surface area contributed by atoms with E-state index in [0.717, 1.165) is 16.7 Å². The van der Waals surface area contributed by atoms with E-state index in [1.54, 1.807) is 24.3 Å². The van der Waals surface area contributed by atoms with Crippen LogP contribution in [0.4, 0.5) is 5.69 Å². The van der Waals surface area contributed by atoms with Gasteiger partial charge in [-0.15, -0.1) is 0 Å². The van der Waals surface area contributed by atoms with E-state index in [4.69, 9.17) is 11.6 Å². The van der Waals surface area contributed by atoms with Crippen molar-refractivity contribution < 1.29 is 9.59 Å². The predicted molar refractivity (Wildman–Crippen MR) is 125 cm³/mol. The van der Waals surface area contributed by atoms with Crippen LogP contribution in [-0.2, 0) is 16.1 Å². The van der Waals surface area contributed by atoms with Gasteiger partial charge in [0.15, 0.2) is 0 Å². The fourth-order valence-corrected chi connectivity index (χ4v) is 3.99. The molecule has 1 aliphatic heterocycles. The number of hydrogen-bond acceptors (Lipinski definition) is 3. The van der Waals surface area contributed by atoms with Crippen molar-refractivity contribution in [2.45, 2.75) is 20.4 Å². The summed E-state index contributed by atoms with van der Waals surface area (Å²) in [7, 11) is 1.84. The number of carbonyl (C=O) groups excluding carboxylic acids is 2. The van der Waals surface area contributed by atoms with Gasteiger partial charge in [-0.3, -0.25) is 9.59 Å². The van der Waals surface area contributed by atoms with E-state index in [1.807, 2.05) is 74.3 Å². The summed E-state index contributed by atoms with van der Waals surface area (Å²) in [4.78, 5) is 30.4. The zero-order chi connectivity index (χ0) is 22.1. The molecule has 156 valence electrons. The van der Waals surface area contributed by atoms with E-state index in [0.29, 0.717) is 34.1 Å². The Kier molecular flexibility index (Phi) is 5.66. The highest BCUT2D eigenvalue weighted by molar-refractivity contribution is 6.45. The second-order valence-electron chi connectivity index (χ2n) is 7.81. The number of rotatable bonds is 5. The van der Waals surface area contributed by atoms with Gasteiger partial charge in [0, 0.05) is 18.6 Å². The van der Waals surface area contributed by atoms with Crippen LogP contribution in [0.25, 0.3) is 5.57 Å². The van der Waals surface area contributed by atoms with Crippen LogP contribution in [0.15, 0.2) is 78.5 Å².